The van der Waals surface area contributed by atoms with Gasteiger partial charge in [-0.1, -0.05) is 18.2 Å². The van der Waals surface area contributed by atoms with Crippen molar-refractivity contribution in [3.8, 4) is 5.75 Å². The van der Waals surface area contributed by atoms with Crippen molar-refractivity contribution in [3.63, 3.8) is 0 Å². The number of nitrogens with zero attached hydrogens (tertiary/aromatic N) is 2. The number of carbonyl (C=O) groups is 2. The lowest BCUT2D eigenvalue weighted by Crippen LogP contribution is -2.39. The second-order valence-electron chi connectivity index (χ2n) is 7.04. The predicted molar refractivity (Wildman–Crippen MR) is 113 cm³/mol. The first-order valence-electron chi connectivity index (χ1n) is 9.47. The van der Waals surface area contributed by atoms with Crippen LogP contribution < -0.4 is 4.74 Å². The molecule has 1 heterocycles. The number of amides is 2. The van der Waals surface area contributed by atoms with Gasteiger partial charge in [0.25, 0.3) is 11.8 Å². The van der Waals surface area contributed by atoms with E-state index in [0.717, 1.165) is 16.5 Å². The van der Waals surface area contributed by atoms with Crippen LogP contribution in [0.25, 0.3) is 0 Å². The Morgan fingerprint density at radius 2 is 1.68 bits per heavy atom. The highest BCUT2D eigenvalue weighted by Crippen LogP contribution is 2.19. The third kappa shape index (κ3) is 4.93. The molecular formula is C22H25BrN2O3. The number of carbonyl (C=O) groups excluding carboxylic acids is 2. The Morgan fingerprint density at radius 3 is 2.43 bits per heavy atom. The third-order valence-corrected chi connectivity index (χ3v) is 5.77. The first-order chi connectivity index (χ1) is 13.5. The molecule has 3 rings (SSSR count). The molecule has 2 amide bonds. The van der Waals surface area contributed by atoms with E-state index < -0.39 is 0 Å². The van der Waals surface area contributed by atoms with Crippen LogP contribution in [0.2, 0.25) is 0 Å². The minimum absolute atomic E-state index is 0.00634. The summed E-state index contributed by atoms with van der Waals surface area (Å²) in [5.74, 6) is 0.651. The molecule has 1 aliphatic rings. The fourth-order valence-electron chi connectivity index (χ4n) is 3.21. The van der Waals surface area contributed by atoms with Crippen molar-refractivity contribution in [2.75, 3.05) is 32.8 Å². The van der Waals surface area contributed by atoms with Gasteiger partial charge in [0.2, 0.25) is 0 Å². The largest absolute Gasteiger partial charge is 0.484 e. The fraction of sp³-hybridized carbons (Fsp3) is 0.364. The van der Waals surface area contributed by atoms with Gasteiger partial charge in [0.15, 0.2) is 6.61 Å². The van der Waals surface area contributed by atoms with Crippen molar-refractivity contribution in [2.45, 2.75) is 20.3 Å². The standard InChI is InChI=1S/C22H25BrN2O3/c1-16-8-9-18(14-17(16)2)28-15-21(26)24-10-5-11-25(13-12-24)22(27)19-6-3-4-7-20(19)23/h3-4,6-9,14H,5,10-13,15H2,1-2H3. The molecule has 2 aromatic rings. The van der Waals surface area contributed by atoms with E-state index in [2.05, 4.69) is 15.9 Å². The Bertz CT molecular complexity index is 869. The van der Waals surface area contributed by atoms with Crippen molar-refractivity contribution in [1.82, 2.24) is 9.80 Å². The summed E-state index contributed by atoms with van der Waals surface area (Å²) in [6, 6.07) is 13.3. The van der Waals surface area contributed by atoms with Gasteiger partial charge < -0.3 is 14.5 Å². The van der Waals surface area contributed by atoms with Gasteiger partial charge in [0.1, 0.15) is 5.75 Å². The molecule has 0 bridgehead atoms. The Hall–Kier alpha value is -2.34. The summed E-state index contributed by atoms with van der Waals surface area (Å²) in [5, 5.41) is 0. The molecule has 148 valence electrons. The van der Waals surface area contributed by atoms with Crippen LogP contribution in [0, 0.1) is 13.8 Å². The average molecular weight is 445 g/mol. The maximum atomic E-state index is 12.8. The number of aryl methyl sites for hydroxylation is 2. The van der Waals surface area contributed by atoms with Crippen LogP contribution in [0.1, 0.15) is 27.9 Å². The monoisotopic (exact) mass is 444 g/mol. The molecule has 0 N–H and O–H groups in total. The van der Waals surface area contributed by atoms with Gasteiger partial charge in [-0.05, 0) is 71.6 Å². The van der Waals surface area contributed by atoms with Crippen LogP contribution in [0.5, 0.6) is 5.75 Å². The van der Waals surface area contributed by atoms with Gasteiger partial charge in [-0.25, -0.2) is 0 Å². The van der Waals surface area contributed by atoms with Gasteiger partial charge in [0.05, 0.1) is 5.56 Å². The lowest BCUT2D eigenvalue weighted by Gasteiger charge is -2.22. The second kappa shape index (κ2) is 9.24. The minimum Gasteiger partial charge on any atom is -0.484 e. The van der Waals surface area contributed by atoms with E-state index in [1.54, 1.807) is 4.90 Å². The molecule has 2 aromatic carbocycles. The Kier molecular flexibility index (Phi) is 6.73. The number of ether oxygens (including phenoxy) is 1. The highest BCUT2D eigenvalue weighted by atomic mass is 79.9. The van der Waals surface area contributed by atoms with E-state index in [1.165, 1.54) is 5.56 Å². The summed E-state index contributed by atoms with van der Waals surface area (Å²) < 4.78 is 6.47. The van der Waals surface area contributed by atoms with E-state index in [1.807, 2.05) is 61.2 Å². The zero-order valence-corrected chi connectivity index (χ0v) is 17.9. The van der Waals surface area contributed by atoms with E-state index in [0.29, 0.717) is 37.5 Å². The first kappa shape index (κ1) is 20.4. The molecule has 6 heteroatoms. The average Bonchev–Trinajstić information content (AvgIpc) is 2.95. The van der Waals surface area contributed by atoms with Gasteiger partial charge in [-0.15, -0.1) is 0 Å². The summed E-state index contributed by atoms with van der Waals surface area (Å²) in [6.07, 6.45) is 0.756. The maximum absolute atomic E-state index is 12.8. The first-order valence-corrected chi connectivity index (χ1v) is 10.3. The molecule has 0 aliphatic carbocycles. The van der Waals surface area contributed by atoms with Gasteiger partial charge in [-0.3, -0.25) is 9.59 Å². The number of halogens is 1. The number of hydrogen-bond donors (Lipinski definition) is 0. The number of rotatable bonds is 4. The zero-order valence-electron chi connectivity index (χ0n) is 16.3. The van der Waals surface area contributed by atoms with E-state index in [9.17, 15) is 9.59 Å². The molecule has 0 radical (unpaired) electrons. The summed E-state index contributed by atoms with van der Waals surface area (Å²) >= 11 is 3.44. The summed E-state index contributed by atoms with van der Waals surface area (Å²) in [7, 11) is 0. The van der Waals surface area contributed by atoms with Crippen molar-refractivity contribution in [1.29, 1.82) is 0 Å². The van der Waals surface area contributed by atoms with Crippen molar-refractivity contribution in [3.05, 3.63) is 63.6 Å². The highest BCUT2D eigenvalue weighted by Gasteiger charge is 2.24. The lowest BCUT2D eigenvalue weighted by molar-refractivity contribution is -0.133. The van der Waals surface area contributed by atoms with Crippen LogP contribution in [-0.2, 0) is 4.79 Å². The van der Waals surface area contributed by atoms with Crippen LogP contribution in [0.4, 0.5) is 0 Å². The van der Waals surface area contributed by atoms with Crippen LogP contribution in [0.15, 0.2) is 46.9 Å². The normalized spacial score (nSPS) is 14.5. The molecule has 1 fully saturated rings. The van der Waals surface area contributed by atoms with E-state index >= 15 is 0 Å². The molecule has 0 spiro atoms. The van der Waals surface area contributed by atoms with Crippen LogP contribution in [0.3, 0.4) is 0 Å². The van der Waals surface area contributed by atoms with Crippen molar-refractivity contribution in [2.24, 2.45) is 0 Å². The van der Waals surface area contributed by atoms with Gasteiger partial charge in [0, 0.05) is 30.7 Å². The summed E-state index contributed by atoms with van der Waals surface area (Å²) in [5.41, 5.74) is 2.99. The molecule has 5 nitrogen and oxygen atoms in total. The highest BCUT2D eigenvalue weighted by molar-refractivity contribution is 9.10. The molecule has 1 aliphatic heterocycles. The third-order valence-electron chi connectivity index (χ3n) is 5.08. The van der Waals surface area contributed by atoms with Crippen LogP contribution in [-0.4, -0.2) is 54.4 Å². The van der Waals surface area contributed by atoms with Crippen LogP contribution >= 0.6 is 15.9 Å². The maximum Gasteiger partial charge on any atom is 0.260 e. The minimum atomic E-state index is -0.0478. The molecule has 0 atom stereocenters. The summed E-state index contributed by atoms with van der Waals surface area (Å²) in [6.45, 7) is 6.40. The van der Waals surface area contributed by atoms with Crippen molar-refractivity contribution < 1.29 is 14.3 Å². The molecule has 0 aromatic heterocycles. The summed E-state index contributed by atoms with van der Waals surface area (Å²) in [4.78, 5) is 29.0. The van der Waals surface area contributed by atoms with E-state index in [4.69, 9.17) is 4.74 Å². The second-order valence-corrected chi connectivity index (χ2v) is 7.90. The smallest absolute Gasteiger partial charge is 0.260 e. The topological polar surface area (TPSA) is 49.9 Å². The lowest BCUT2D eigenvalue weighted by atomic mass is 10.1. The Morgan fingerprint density at radius 1 is 0.964 bits per heavy atom. The Balaban J connectivity index is 1.55. The zero-order chi connectivity index (χ0) is 20.1. The SMILES string of the molecule is Cc1ccc(OCC(=O)N2CCCN(C(=O)c3ccccc3Br)CC2)cc1C. The molecular weight excluding hydrogens is 420 g/mol. The number of benzene rings is 2. The van der Waals surface area contributed by atoms with Crippen molar-refractivity contribution >= 4 is 27.7 Å². The fourth-order valence-corrected chi connectivity index (χ4v) is 3.67. The molecule has 0 saturated carbocycles. The molecule has 28 heavy (non-hydrogen) atoms. The van der Waals surface area contributed by atoms with E-state index in [-0.39, 0.29) is 18.4 Å². The Labute approximate surface area is 174 Å². The number of hydrogen-bond acceptors (Lipinski definition) is 3. The quantitative estimate of drug-likeness (QED) is 0.719. The molecule has 1 saturated heterocycles. The van der Waals surface area contributed by atoms with Gasteiger partial charge >= 0.3 is 0 Å². The predicted octanol–water partition coefficient (Wildman–Crippen LogP) is 3.82. The molecule has 0 unspecified atom stereocenters. The van der Waals surface area contributed by atoms with Gasteiger partial charge in [-0.2, -0.15) is 0 Å².